The molecule has 4 aromatic rings. The van der Waals surface area contributed by atoms with E-state index < -0.39 is 15.4 Å². The minimum atomic E-state index is -3.93. The number of nitrogens with one attached hydrogen (secondary N) is 2. The lowest BCUT2D eigenvalue weighted by atomic mass is 9.86. The highest BCUT2D eigenvalue weighted by molar-refractivity contribution is 7.94. The monoisotopic (exact) mass is 549 g/mol. The van der Waals surface area contributed by atoms with Gasteiger partial charge in [-0.3, -0.25) is 0 Å². The van der Waals surface area contributed by atoms with Gasteiger partial charge in [0.15, 0.2) is 11.4 Å². The molecule has 0 saturated carbocycles. The fourth-order valence-corrected chi connectivity index (χ4v) is 5.36. The van der Waals surface area contributed by atoms with Gasteiger partial charge in [-0.05, 0) is 36.8 Å². The maximum atomic E-state index is 13.3. The Hall–Kier alpha value is -4.06. The summed E-state index contributed by atoms with van der Waals surface area (Å²) in [6.07, 6.45) is 0. The Balaban J connectivity index is 1.59. The van der Waals surface area contributed by atoms with E-state index in [9.17, 15) is 13.5 Å². The van der Waals surface area contributed by atoms with Crippen LogP contribution in [-0.4, -0.2) is 51.4 Å². The topological polar surface area (TPSA) is 136 Å². The highest BCUT2D eigenvalue weighted by atomic mass is 35.5. The van der Waals surface area contributed by atoms with Crippen molar-refractivity contribution in [2.45, 2.75) is 24.0 Å². The van der Waals surface area contributed by atoms with E-state index in [0.29, 0.717) is 27.7 Å². The van der Waals surface area contributed by atoms with Crippen molar-refractivity contribution in [3.8, 4) is 0 Å². The molecule has 194 valence electrons. The standard InChI is InChI=1S/C26H24ClN7O3S/c1-18-7-9-19(10-8-18)25-26(35,20-5-3-2-4-6-20)17-34(31-25)24(28-15-23-29-32-33-30-23)16-38(36,37)22-13-11-21(27)12-14-22/h2-14,16,28,35H,15,17H2,1H3,(H,29,30,32,33)/b24-16+. The van der Waals surface area contributed by atoms with E-state index in [1.807, 2.05) is 61.5 Å². The summed E-state index contributed by atoms with van der Waals surface area (Å²) in [4.78, 5) is 0.0565. The van der Waals surface area contributed by atoms with Crippen LogP contribution in [0.25, 0.3) is 0 Å². The number of rotatable bonds is 8. The minimum absolute atomic E-state index is 0.0402. The number of aromatic nitrogens is 4. The fourth-order valence-electron chi connectivity index (χ4n) is 4.08. The molecular formula is C26H24ClN7O3S. The number of hydrogen-bond acceptors (Lipinski definition) is 9. The number of β-amino-alcohol motifs (C(OH)–C–C–N with tert-alkyl or cyclic N) is 1. The van der Waals surface area contributed by atoms with Crippen LogP contribution in [0.3, 0.4) is 0 Å². The molecule has 1 atom stereocenters. The summed E-state index contributed by atoms with van der Waals surface area (Å²) in [5.74, 6) is 0.446. The lowest BCUT2D eigenvalue weighted by molar-refractivity contribution is 0.0938. The van der Waals surface area contributed by atoms with Crippen molar-refractivity contribution in [1.82, 2.24) is 30.9 Å². The molecule has 3 aromatic carbocycles. The maximum Gasteiger partial charge on any atom is 0.203 e. The first-order valence-corrected chi connectivity index (χ1v) is 13.6. The number of H-pyrrole nitrogens is 1. The van der Waals surface area contributed by atoms with Gasteiger partial charge in [0.1, 0.15) is 11.5 Å². The summed E-state index contributed by atoms with van der Waals surface area (Å²) < 4.78 is 26.7. The number of sulfone groups is 1. The molecule has 0 radical (unpaired) electrons. The Morgan fingerprint density at radius 2 is 1.82 bits per heavy atom. The molecule has 0 amide bonds. The third kappa shape index (κ3) is 5.30. The van der Waals surface area contributed by atoms with Gasteiger partial charge in [0, 0.05) is 10.6 Å². The van der Waals surface area contributed by atoms with Crippen LogP contribution in [0.2, 0.25) is 5.02 Å². The van der Waals surface area contributed by atoms with Crippen LogP contribution in [-0.2, 0) is 22.0 Å². The quantitative estimate of drug-likeness (QED) is 0.305. The van der Waals surface area contributed by atoms with Gasteiger partial charge >= 0.3 is 0 Å². The van der Waals surface area contributed by atoms with Gasteiger partial charge in [-0.2, -0.15) is 10.3 Å². The highest BCUT2D eigenvalue weighted by Crippen LogP contribution is 2.35. The number of hydrazone groups is 1. The van der Waals surface area contributed by atoms with Crippen LogP contribution in [0, 0.1) is 6.92 Å². The number of hydrogen-bond donors (Lipinski definition) is 3. The number of benzene rings is 3. The maximum absolute atomic E-state index is 13.3. The SMILES string of the molecule is Cc1ccc(C2=NN(/C(=C/S(=O)(=O)c3ccc(Cl)cc3)NCc3nn[nH]n3)CC2(O)c2ccccc2)cc1. The smallest absolute Gasteiger partial charge is 0.203 e. The molecule has 2 heterocycles. The summed E-state index contributed by atoms with van der Waals surface area (Å²) in [6.45, 7) is 2.00. The predicted molar refractivity (Wildman–Crippen MR) is 142 cm³/mol. The summed E-state index contributed by atoms with van der Waals surface area (Å²) in [7, 11) is -3.93. The molecule has 10 nitrogen and oxygen atoms in total. The minimum Gasteiger partial charge on any atom is -0.377 e. The van der Waals surface area contributed by atoms with E-state index in [4.69, 9.17) is 16.7 Å². The molecule has 5 rings (SSSR count). The average molecular weight is 550 g/mol. The van der Waals surface area contributed by atoms with E-state index in [0.717, 1.165) is 11.0 Å². The molecule has 0 saturated heterocycles. The zero-order chi connectivity index (χ0) is 26.8. The van der Waals surface area contributed by atoms with Gasteiger partial charge in [-0.15, -0.1) is 10.2 Å². The highest BCUT2D eigenvalue weighted by Gasteiger charge is 2.44. The molecule has 0 aliphatic carbocycles. The van der Waals surface area contributed by atoms with Crippen LogP contribution in [0.5, 0.6) is 0 Å². The van der Waals surface area contributed by atoms with Crippen LogP contribution < -0.4 is 5.32 Å². The van der Waals surface area contributed by atoms with Crippen LogP contribution in [0.15, 0.2) is 100 Å². The lowest BCUT2D eigenvalue weighted by Gasteiger charge is -2.27. The van der Waals surface area contributed by atoms with E-state index in [1.165, 1.54) is 29.3 Å². The molecule has 3 N–H and O–H groups in total. The third-order valence-corrected chi connectivity index (χ3v) is 7.79. The van der Waals surface area contributed by atoms with Gasteiger partial charge < -0.3 is 10.4 Å². The van der Waals surface area contributed by atoms with Crippen molar-refractivity contribution in [1.29, 1.82) is 0 Å². The Morgan fingerprint density at radius 3 is 2.47 bits per heavy atom. The Kier molecular flexibility index (Phi) is 6.98. The van der Waals surface area contributed by atoms with E-state index in [-0.39, 0.29) is 23.8 Å². The third-order valence-electron chi connectivity index (χ3n) is 6.07. The normalized spacial score (nSPS) is 17.9. The molecule has 1 aliphatic heterocycles. The molecule has 1 unspecified atom stereocenters. The second-order valence-electron chi connectivity index (χ2n) is 8.78. The number of aliphatic hydroxyl groups is 1. The molecule has 1 aromatic heterocycles. The Morgan fingerprint density at radius 1 is 1.11 bits per heavy atom. The molecular weight excluding hydrogens is 526 g/mol. The van der Waals surface area contributed by atoms with Gasteiger partial charge in [-0.25, -0.2) is 13.4 Å². The van der Waals surface area contributed by atoms with Crippen molar-refractivity contribution >= 4 is 27.1 Å². The molecule has 12 heteroatoms. The Bertz CT molecular complexity index is 1570. The van der Waals surface area contributed by atoms with Crippen LogP contribution in [0.4, 0.5) is 0 Å². The first kappa shape index (κ1) is 25.6. The van der Waals surface area contributed by atoms with Gasteiger partial charge in [0.2, 0.25) is 9.84 Å². The molecule has 0 bridgehead atoms. The van der Waals surface area contributed by atoms with Gasteiger partial charge in [-0.1, -0.05) is 77.0 Å². The second kappa shape index (κ2) is 10.4. The number of tetrazole rings is 1. The first-order chi connectivity index (χ1) is 18.2. The number of halogens is 1. The molecule has 38 heavy (non-hydrogen) atoms. The average Bonchev–Trinajstić information content (AvgIpc) is 3.56. The Labute approximate surface area is 224 Å². The fraction of sp³-hybridized carbons (Fsp3) is 0.154. The largest absolute Gasteiger partial charge is 0.377 e. The van der Waals surface area contributed by atoms with Crippen molar-refractivity contribution in [3.63, 3.8) is 0 Å². The zero-order valence-electron chi connectivity index (χ0n) is 20.3. The molecule has 0 spiro atoms. The van der Waals surface area contributed by atoms with Crippen LogP contribution in [0.1, 0.15) is 22.5 Å². The van der Waals surface area contributed by atoms with Crippen molar-refractivity contribution in [2.75, 3.05) is 6.54 Å². The second-order valence-corrected chi connectivity index (χ2v) is 11.0. The lowest BCUT2D eigenvalue weighted by Crippen LogP contribution is -2.40. The number of nitrogens with zero attached hydrogens (tertiary/aromatic N) is 5. The van der Waals surface area contributed by atoms with E-state index in [2.05, 4.69) is 25.9 Å². The molecule has 1 aliphatic rings. The van der Waals surface area contributed by atoms with Crippen molar-refractivity contribution < 1.29 is 13.5 Å². The van der Waals surface area contributed by atoms with E-state index in [1.54, 1.807) is 0 Å². The van der Waals surface area contributed by atoms with Crippen molar-refractivity contribution in [2.24, 2.45) is 5.10 Å². The molecule has 0 fully saturated rings. The zero-order valence-corrected chi connectivity index (χ0v) is 21.9. The van der Waals surface area contributed by atoms with E-state index >= 15 is 0 Å². The summed E-state index contributed by atoms with van der Waals surface area (Å²) in [6, 6.07) is 22.6. The predicted octanol–water partition coefficient (Wildman–Crippen LogP) is 3.13. The number of aryl methyl sites for hydroxylation is 1. The van der Waals surface area contributed by atoms with Crippen LogP contribution >= 0.6 is 11.6 Å². The van der Waals surface area contributed by atoms with Gasteiger partial charge in [0.05, 0.1) is 23.4 Å². The van der Waals surface area contributed by atoms with Crippen molar-refractivity contribution in [3.05, 3.63) is 118 Å². The summed E-state index contributed by atoms with van der Waals surface area (Å²) in [5, 5.41) is 36.5. The first-order valence-electron chi connectivity index (χ1n) is 11.6. The van der Waals surface area contributed by atoms with Gasteiger partial charge in [0.25, 0.3) is 0 Å². The summed E-state index contributed by atoms with van der Waals surface area (Å²) >= 11 is 5.95. The number of aromatic amines is 1. The summed E-state index contributed by atoms with van der Waals surface area (Å²) in [5.41, 5.74) is 1.26.